The Morgan fingerprint density at radius 3 is 2.92 bits per heavy atom. The highest BCUT2D eigenvalue weighted by Gasteiger charge is 2.23. The smallest absolute Gasteiger partial charge is 0.217 e. The fraction of sp³-hybridized carbons (Fsp3) is 0.278. The van der Waals surface area contributed by atoms with Crippen molar-refractivity contribution in [1.82, 2.24) is 19.6 Å². The van der Waals surface area contributed by atoms with Crippen molar-refractivity contribution >= 4 is 32.9 Å². The minimum atomic E-state index is 0.191. The van der Waals surface area contributed by atoms with E-state index in [1.54, 1.807) is 22.0 Å². The van der Waals surface area contributed by atoms with Gasteiger partial charge in [-0.1, -0.05) is 0 Å². The van der Waals surface area contributed by atoms with Crippen LogP contribution >= 0.6 is 11.3 Å². The maximum absolute atomic E-state index is 6.09. The number of hydrogen-bond donors (Lipinski definition) is 0. The quantitative estimate of drug-likeness (QED) is 0.566. The number of ether oxygens (including phenoxy) is 1. The molecule has 0 unspecified atom stereocenters. The molecular weight excluding hydrogens is 334 g/mol. The molecule has 0 atom stereocenters. The van der Waals surface area contributed by atoms with Gasteiger partial charge in [-0.25, -0.2) is 9.50 Å². The number of nitrogens with zero attached hydrogens (tertiary/aromatic N) is 5. The fourth-order valence-corrected chi connectivity index (χ4v) is 4.13. The summed E-state index contributed by atoms with van der Waals surface area (Å²) in [6, 6.07) is 8.00. The lowest BCUT2D eigenvalue weighted by atomic mass is 10.1. The lowest BCUT2D eigenvalue weighted by Crippen LogP contribution is -2.38. The standard InChI is InChI=1S/C18H17N5OS/c1-7-19-18(14-6-12-25-15(1)14)22-9-3-13(4-10-22)24-17-5-11-23-16(21-17)2-8-20-23/h1-2,5-8,11-13H,3-4,9-10H2. The van der Waals surface area contributed by atoms with Crippen LogP contribution in [-0.2, 0) is 0 Å². The molecule has 0 bridgehead atoms. The Balaban J connectivity index is 1.28. The summed E-state index contributed by atoms with van der Waals surface area (Å²) in [6.07, 6.45) is 7.65. The summed E-state index contributed by atoms with van der Waals surface area (Å²) in [5.41, 5.74) is 0.809. The predicted octanol–water partition coefficient (Wildman–Crippen LogP) is 3.39. The first-order chi connectivity index (χ1) is 12.4. The Morgan fingerprint density at radius 2 is 2.00 bits per heavy atom. The van der Waals surface area contributed by atoms with Gasteiger partial charge < -0.3 is 9.64 Å². The van der Waals surface area contributed by atoms with Gasteiger partial charge in [0.1, 0.15) is 11.9 Å². The SMILES string of the molecule is c1cc2sccc2c(N2CCC(Oc3ccn4nccc4n3)CC2)n1. The molecule has 0 saturated carbocycles. The van der Waals surface area contributed by atoms with Crippen LogP contribution in [0.25, 0.3) is 15.7 Å². The first-order valence-electron chi connectivity index (χ1n) is 8.41. The normalized spacial score (nSPS) is 15.9. The van der Waals surface area contributed by atoms with Gasteiger partial charge in [0, 0.05) is 60.5 Å². The molecule has 1 fully saturated rings. The highest BCUT2D eigenvalue weighted by atomic mass is 32.1. The van der Waals surface area contributed by atoms with Crippen molar-refractivity contribution in [1.29, 1.82) is 0 Å². The van der Waals surface area contributed by atoms with E-state index in [2.05, 4.69) is 37.5 Å². The zero-order valence-corrected chi connectivity index (χ0v) is 14.4. The molecule has 5 rings (SSSR count). The van der Waals surface area contributed by atoms with E-state index in [0.29, 0.717) is 5.88 Å². The Hall–Kier alpha value is -2.67. The van der Waals surface area contributed by atoms with Gasteiger partial charge in [-0.2, -0.15) is 10.1 Å². The number of aromatic nitrogens is 4. The molecule has 5 heterocycles. The molecular formula is C18H17N5OS. The highest BCUT2D eigenvalue weighted by molar-refractivity contribution is 7.17. The van der Waals surface area contributed by atoms with Crippen molar-refractivity contribution in [2.45, 2.75) is 18.9 Å². The molecule has 4 aromatic rings. The van der Waals surface area contributed by atoms with Gasteiger partial charge >= 0.3 is 0 Å². The summed E-state index contributed by atoms with van der Waals surface area (Å²) in [5.74, 6) is 1.76. The van der Waals surface area contributed by atoms with Gasteiger partial charge in [-0.3, -0.25) is 0 Å². The third-order valence-corrected chi connectivity index (χ3v) is 5.50. The molecule has 0 N–H and O–H groups in total. The first-order valence-corrected chi connectivity index (χ1v) is 9.29. The summed E-state index contributed by atoms with van der Waals surface area (Å²) in [5, 5.41) is 7.54. The van der Waals surface area contributed by atoms with Gasteiger partial charge in [0.25, 0.3) is 0 Å². The maximum Gasteiger partial charge on any atom is 0.217 e. The van der Waals surface area contributed by atoms with E-state index < -0.39 is 0 Å². The third-order valence-electron chi connectivity index (χ3n) is 4.62. The second kappa shape index (κ2) is 6.00. The zero-order chi connectivity index (χ0) is 16.6. The molecule has 7 heteroatoms. The van der Waals surface area contributed by atoms with Crippen LogP contribution in [0.3, 0.4) is 0 Å². The molecule has 1 aliphatic rings. The minimum absolute atomic E-state index is 0.191. The van der Waals surface area contributed by atoms with Gasteiger partial charge in [-0.05, 0) is 17.5 Å². The number of thiophene rings is 1. The lowest BCUT2D eigenvalue weighted by Gasteiger charge is -2.33. The summed E-state index contributed by atoms with van der Waals surface area (Å²) >= 11 is 1.76. The minimum Gasteiger partial charge on any atom is -0.474 e. The first kappa shape index (κ1) is 14.7. The summed E-state index contributed by atoms with van der Waals surface area (Å²) in [4.78, 5) is 11.5. The number of pyridine rings is 1. The van der Waals surface area contributed by atoms with Crippen molar-refractivity contribution in [3.8, 4) is 5.88 Å². The van der Waals surface area contributed by atoms with Gasteiger partial charge in [0.15, 0.2) is 5.65 Å². The Labute approximate surface area is 148 Å². The number of fused-ring (bicyclic) bond motifs is 2. The van der Waals surface area contributed by atoms with Gasteiger partial charge in [0.05, 0.1) is 6.20 Å². The van der Waals surface area contributed by atoms with Crippen molar-refractivity contribution in [2.24, 2.45) is 0 Å². The molecule has 126 valence electrons. The lowest BCUT2D eigenvalue weighted by molar-refractivity contribution is 0.164. The van der Waals surface area contributed by atoms with Crippen LogP contribution in [-0.4, -0.2) is 38.8 Å². The molecule has 1 saturated heterocycles. The van der Waals surface area contributed by atoms with Crippen LogP contribution in [0.4, 0.5) is 5.82 Å². The molecule has 0 spiro atoms. The van der Waals surface area contributed by atoms with E-state index in [-0.39, 0.29) is 6.10 Å². The Kier molecular flexibility index (Phi) is 3.52. The maximum atomic E-state index is 6.09. The van der Waals surface area contributed by atoms with Crippen LogP contribution in [0.1, 0.15) is 12.8 Å². The van der Waals surface area contributed by atoms with Crippen LogP contribution < -0.4 is 9.64 Å². The van der Waals surface area contributed by atoms with Crippen molar-refractivity contribution in [2.75, 3.05) is 18.0 Å². The number of rotatable bonds is 3. The van der Waals surface area contributed by atoms with Crippen LogP contribution in [0, 0.1) is 0 Å². The van der Waals surface area contributed by atoms with E-state index in [9.17, 15) is 0 Å². The summed E-state index contributed by atoms with van der Waals surface area (Å²) in [7, 11) is 0. The molecule has 0 aromatic carbocycles. The number of piperidine rings is 1. The number of hydrogen-bond acceptors (Lipinski definition) is 6. The van der Waals surface area contributed by atoms with Crippen LogP contribution in [0.15, 0.2) is 48.2 Å². The van der Waals surface area contributed by atoms with E-state index in [1.165, 1.54) is 10.1 Å². The number of anilines is 1. The average Bonchev–Trinajstić information content (AvgIpc) is 3.31. The third kappa shape index (κ3) is 2.70. The Morgan fingerprint density at radius 1 is 1.08 bits per heavy atom. The van der Waals surface area contributed by atoms with Crippen molar-refractivity contribution < 1.29 is 4.74 Å². The molecule has 0 aliphatic carbocycles. The summed E-state index contributed by atoms with van der Waals surface area (Å²) in [6.45, 7) is 1.89. The monoisotopic (exact) mass is 351 g/mol. The molecule has 6 nitrogen and oxygen atoms in total. The van der Waals surface area contributed by atoms with Crippen molar-refractivity contribution in [3.05, 3.63) is 48.2 Å². The zero-order valence-electron chi connectivity index (χ0n) is 13.6. The van der Waals surface area contributed by atoms with Gasteiger partial charge in [0.2, 0.25) is 5.88 Å². The van der Waals surface area contributed by atoms with E-state index in [4.69, 9.17) is 4.74 Å². The highest BCUT2D eigenvalue weighted by Crippen LogP contribution is 2.30. The fourth-order valence-electron chi connectivity index (χ4n) is 3.35. The van der Waals surface area contributed by atoms with E-state index >= 15 is 0 Å². The topological polar surface area (TPSA) is 55.6 Å². The Bertz CT molecular complexity index is 1020. The largest absolute Gasteiger partial charge is 0.474 e. The van der Waals surface area contributed by atoms with Crippen LogP contribution in [0.2, 0.25) is 0 Å². The molecule has 25 heavy (non-hydrogen) atoms. The van der Waals surface area contributed by atoms with Crippen LogP contribution in [0.5, 0.6) is 5.88 Å². The molecule has 4 aromatic heterocycles. The molecule has 0 radical (unpaired) electrons. The van der Waals surface area contributed by atoms with E-state index in [1.807, 2.05) is 24.5 Å². The summed E-state index contributed by atoms with van der Waals surface area (Å²) < 4.78 is 9.12. The van der Waals surface area contributed by atoms with Crippen molar-refractivity contribution in [3.63, 3.8) is 0 Å². The second-order valence-corrected chi connectivity index (χ2v) is 7.12. The average molecular weight is 351 g/mol. The second-order valence-electron chi connectivity index (χ2n) is 6.17. The van der Waals surface area contributed by atoms with E-state index in [0.717, 1.165) is 37.4 Å². The predicted molar refractivity (Wildman–Crippen MR) is 98.5 cm³/mol. The molecule has 1 aliphatic heterocycles. The molecule has 0 amide bonds. The van der Waals surface area contributed by atoms with Gasteiger partial charge in [-0.15, -0.1) is 11.3 Å².